The van der Waals surface area contributed by atoms with E-state index in [1.807, 2.05) is 12.1 Å². The maximum absolute atomic E-state index is 12.6. The number of hydrogen-bond donors (Lipinski definition) is 0. The molecule has 116 valence electrons. The summed E-state index contributed by atoms with van der Waals surface area (Å²) in [6.07, 6.45) is 5.40. The molecule has 3 rings (SSSR count). The molecule has 1 atom stereocenters. The molecule has 4 nitrogen and oxygen atoms in total. The van der Waals surface area contributed by atoms with E-state index < -0.39 is 11.3 Å². The van der Waals surface area contributed by atoms with E-state index in [0.717, 1.165) is 34.2 Å². The fourth-order valence-corrected chi connectivity index (χ4v) is 3.52. The van der Waals surface area contributed by atoms with Crippen molar-refractivity contribution in [2.45, 2.75) is 43.5 Å². The number of nitrogens with zero attached hydrogens (tertiary/aromatic N) is 2. The van der Waals surface area contributed by atoms with E-state index in [1.165, 1.54) is 6.42 Å². The number of imide groups is 1. The molecule has 1 aromatic rings. The van der Waals surface area contributed by atoms with Crippen LogP contribution in [-0.2, 0) is 9.59 Å². The molecule has 1 heterocycles. The summed E-state index contributed by atoms with van der Waals surface area (Å²) in [5.41, 5.74) is 0.757. The Morgan fingerprint density at radius 1 is 1.09 bits per heavy atom. The van der Waals surface area contributed by atoms with E-state index in [4.69, 9.17) is 11.6 Å². The van der Waals surface area contributed by atoms with Crippen LogP contribution in [0.3, 0.4) is 0 Å². The van der Waals surface area contributed by atoms with Gasteiger partial charge in [0.15, 0.2) is 5.38 Å². The highest BCUT2D eigenvalue weighted by molar-refractivity contribution is 14.1. The average molecular weight is 431 g/mol. The number of amides is 2. The van der Waals surface area contributed by atoms with Gasteiger partial charge in [-0.1, -0.05) is 19.3 Å². The van der Waals surface area contributed by atoms with Crippen LogP contribution in [0.1, 0.15) is 32.1 Å². The van der Waals surface area contributed by atoms with Crippen molar-refractivity contribution in [2.24, 2.45) is 4.99 Å². The maximum Gasteiger partial charge on any atom is 0.281 e. The summed E-state index contributed by atoms with van der Waals surface area (Å²) in [6, 6.07) is 7.35. The van der Waals surface area contributed by atoms with E-state index in [0.29, 0.717) is 5.69 Å². The molecule has 0 spiro atoms. The van der Waals surface area contributed by atoms with Crippen LogP contribution >= 0.6 is 34.2 Å². The third-order valence-corrected chi connectivity index (χ3v) is 5.19. The molecule has 2 aliphatic rings. The summed E-state index contributed by atoms with van der Waals surface area (Å²) in [5, 5.41) is -0.964. The number of benzene rings is 1. The molecule has 0 bridgehead atoms. The van der Waals surface area contributed by atoms with Gasteiger partial charge in [0.1, 0.15) is 5.71 Å². The standard InChI is InChI=1S/C16H16ClIN2O2/c17-13-14(19-11-4-2-1-3-5-11)16(22)20(15(13)21)12-8-6-10(18)7-9-12/h6-9,11,13H,1-5H2. The van der Waals surface area contributed by atoms with E-state index in [1.54, 1.807) is 12.1 Å². The van der Waals surface area contributed by atoms with Crippen LogP contribution in [0.2, 0.25) is 0 Å². The van der Waals surface area contributed by atoms with Gasteiger partial charge in [-0.05, 0) is 59.7 Å². The fraction of sp³-hybridized carbons (Fsp3) is 0.438. The second-order valence-corrected chi connectivity index (χ2v) is 7.31. The molecular formula is C16H16ClIN2O2. The van der Waals surface area contributed by atoms with Gasteiger partial charge in [-0.2, -0.15) is 0 Å². The minimum absolute atomic E-state index is 0.124. The maximum atomic E-state index is 12.6. The highest BCUT2D eigenvalue weighted by Crippen LogP contribution is 2.27. The first kappa shape index (κ1) is 15.9. The summed E-state index contributed by atoms with van der Waals surface area (Å²) in [4.78, 5) is 30.6. The fourth-order valence-electron chi connectivity index (χ4n) is 2.92. The number of halogens is 2. The molecule has 1 saturated heterocycles. The van der Waals surface area contributed by atoms with Gasteiger partial charge in [-0.3, -0.25) is 14.6 Å². The molecule has 1 aromatic carbocycles. The van der Waals surface area contributed by atoms with Crippen molar-refractivity contribution in [3.05, 3.63) is 27.8 Å². The van der Waals surface area contributed by atoms with E-state index in [-0.39, 0.29) is 17.7 Å². The Labute approximate surface area is 148 Å². The molecule has 1 aliphatic carbocycles. The summed E-state index contributed by atoms with van der Waals surface area (Å²) in [7, 11) is 0. The summed E-state index contributed by atoms with van der Waals surface area (Å²) in [6.45, 7) is 0. The predicted octanol–water partition coefficient (Wildman–Crippen LogP) is 3.55. The molecule has 6 heteroatoms. The first-order valence-corrected chi connectivity index (χ1v) is 8.95. The molecule has 0 N–H and O–H groups in total. The SMILES string of the molecule is O=C1C(=NC2CCCCC2)C(Cl)C(=O)N1c1ccc(I)cc1. The average Bonchev–Trinajstić information content (AvgIpc) is 2.73. The first-order chi connectivity index (χ1) is 10.6. The highest BCUT2D eigenvalue weighted by atomic mass is 127. The molecule has 1 aliphatic heterocycles. The minimum Gasteiger partial charge on any atom is -0.279 e. The molecule has 22 heavy (non-hydrogen) atoms. The number of aliphatic imine (C=N–C) groups is 1. The summed E-state index contributed by atoms with van der Waals surface area (Å²) in [5.74, 6) is -0.779. The second-order valence-electron chi connectivity index (χ2n) is 5.62. The van der Waals surface area contributed by atoms with Gasteiger partial charge in [0.2, 0.25) is 0 Å². The Morgan fingerprint density at radius 2 is 1.73 bits per heavy atom. The van der Waals surface area contributed by atoms with Gasteiger partial charge in [-0.25, -0.2) is 4.90 Å². The highest BCUT2D eigenvalue weighted by Gasteiger charge is 2.45. The number of alkyl halides is 1. The van der Waals surface area contributed by atoms with Crippen LogP contribution in [0.5, 0.6) is 0 Å². The lowest BCUT2D eigenvalue weighted by molar-refractivity contribution is -0.120. The van der Waals surface area contributed by atoms with Crippen molar-refractivity contribution in [2.75, 3.05) is 4.90 Å². The van der Waals surface area contributed by atoms with Crippen LogP contribution < -0.4 is 4.90 Å². The lowest BCUT2D eigenvalue weighted by atomic mass is 9.96. The zero-order valence-corrected chi connectivity index (χ0v) is 14.9. The Kier molecular flexibility index (Phi) is 4.82. The molecule has 1 unspecified atom stereocenters. The Bertz CT molecular complexity index is 624. The van der Waals surface area contributed by atoms with E-state index in [9.17, 15) is 9.59 Å². The van der Waals surface area contributed by atoms with E-state index >= 15 is 0 Å². The van der Waals surface area contributed by atoms with Crippen LogP contribution in [0.15, 0.2) is 29.3 Å². The van der Waals surface area contributed by atoms with Crippen molar-refractivity contribution < 1.29 is 9.59 Å². The summed E-state index contributed by atoms with van der Waals surface area (Å²) >= 11 is 8.35. The lowest BCUT2D eigenvalue weighted by Gasteiger charge is -2.18. The van der Waals surface area contributed by atoms with Gasteiger partial charge >= 0.3 is 0 Å². The Hall–Kier alpha value is -0.950. The molecule has 1 saturated carbocycles. The molecule has 0 aromatic heterocycles. The number of carbonyl (C=O) groups is 2. The van der Waals surface area contributed by atoms with Gasteiger partial charge in [0.05, 0.1) is 11.7 Å². The first-order valence-electron chi connectivity index (χ1n) is 7.43. The largest absolute Gasteiger partial charge is 0.281 e. The van der Waals surface area contributed by atoms with Crippen molar-refractivity contribution >= 4 is 57.4 Å². The van der Waals surface area contributed by atoms with Crippen LogP contribution in [0, 0.1) is 3.57 Å². The topological polar surface area (TPSA) is 49.7 Å². The van der Waals surface area contributed by atoms with Crippen molar-refractivity contribution in [3.8, 4) is 0 Å². The van der Waals surface area contributed by atoms with Gasteiger partial charge < -0.3 is 0 Å². The molecular weight excluding hydrogens is 415 g/mol. The number of rotatable bonds is 2. The third kappa shape index (κ3) is 3.06. The number of hydrogen-bond acceptors (Lipinski definition) is 3. The second kappa shape index (κ2) is 6.66. The Balaban J connectivity index is 1.88. The van der Waals surface area contributed by atoms with Crippen molar-refractivity contribution in [3.63, 3.8) is 0 Å². The zero-order chi connectivity index (χ0) is 15.7. The number of anilines is 1. The normalized spacial score (nSPS) is 25.3. The quantitative estimate of drug-likeness (QED) is 0.409. The molecule has 0 radical (unpaired) electrons. The van der Waals surface area contributed by atoms with Crippen LogP contribution in [0.25, 0.3) is 0 Å². The predicted molar refractivity (Wildman–Crippen MR) is 95.6 cm³/mol. The van der Waals surface area contributed by atoms with Gasteiger partial charge in [-0.15, -0.1) is 11.6 Å². The summed E-state index contributed by atoms with van der Waals surface area (Å²) < 4.78 is 1.04. The van der Waals surface area contributed by atoms with E-state index in [2.05, 4.69) is 27.6 Å². The minimum atomic E-state index is -0.964. The van der Waals surface area contributed by atoms with Crippen molar-refractivity contribution in [1.29, 1.82) is 0 Å². The molecule has 2 amide bonds. The van der Waals surface area contributed by atoms with Crippen LogP contribution in [0.4, 0.5) is 5.69 Å². The monoisotopic (exact) mass is 430 g/mol. The van der Waals surface area contributed by atoms with Gasteiger partial charge in [0.25, 0.3) is 11.8 Å². The Morgan fingerprint density at radius 3 is 2.36 bits per heavy atom. The zero-order valence-electron chi connectivity index (χ0n) is 12.0. The van der Waals surface area contributed by atoms with Gasteiger partial charge in [0, 0.05) is 3.57 Å². The van der Waals surface area contributed by atoms with Crippen molar-refractivity contribution in [1.82, 2.24) is 0 Å². The molecule has 2 fully saturated rings. The smallest absolute Gasteiger partial charge is 0.279 e. The lowest BCUT2D eigenvalue weighted by Crippen LogP contribution is -2.31. The van der Waals surface area contributed by atoms with Crippen LogP contribution in [-0.4, -0.2) is 28.9 Å². The third-order valence-electron chi connectivity index (χ3n) is 4.08. The number of carbonyl (C=O) groups excluding carboxylic acids is 2.